The molecule has 0 aromatic heterocycles. The molecule has 3 rings (SSSR count). The van der Waals surface area contributed by atoms with Gasteiger partial charge in [0, 0.05) is 17.2 Å². The number of hydrazone groups is 1. The maximum absolute atomic E-state index is 14.1. The second-order valence-electron chi connectivity index (χ2n) is 6.63. The van der Waals surface area contributed by atoms with Crippen LogP contribution in [-0.2, 0) is 11.4 Å². The zero-order valence-corrected chi connectivity index (χ0v) is 18.8. The van der Waals surface area contributed by atoms with Crippen molar-refractivity contribution in [2.24, 2.45) is 5.10 Å². The molecule has 3 aromatic rings. The van der Waals surface area contributed by atoms with Gasteiger partial charge < -0.3 is 18.9 Å². The second-order valence-corrected chi connectivity index (χ2v) is 7.04. The number of carbonyl (C=O) groups is 1. The minimum Gasteiger partial charge on any atom is -0.497 e. The van der Waals surface area contributed by atoms with Crippen LogP contribution in [0.1, 0.15) is 11.1 Å². The number of benzene rings is 3. The fourth-order valence-electron chi connectivity index (χ4n) is 2.81. The second kappa shape index (κ2) is 11.7. The van der Waals surface area contributed by atoms with E-state index in [2.05, 4.69) is 10.5 Å². The number of methoxy groups -OCH3 is 2. The number of halogens is 2. The smallest absolute Gasteiger partial charge is 0.277 e. The third kappa shape index (κ3) is 6.60. The summed E-state index contributed by atoms with van der Waals surface area (Å²) >= 11 is 6.07. The van der Waals surface area contributed by atoms with E-state index >= 15 is 0 Å². The van der Waals surface area contributed by atoms with Crippen molar-refractivity contribution in [2.45, 2.75) is 6.61 Å². The molecule has 0 aliphatic heterocycles. The van der Waals surface area contributed by atoms with Crippen LogP contribution in [0, 0.1) is 5.82 Å². The number of carbonyl (C=O) groups excluding carboxylic acids is 1. The Labute approximate surface area is 195 Å². The van der Waals surface area contributed by atoms with E-state index in [1.807, 2.05) is 0 Å². The summed E-state index contributed by atoms with van der Waals surface area (Å²) in [5, 5.41) is 4.20. The average Bonchev–Trinajstić information content (AvgIpc) is 2.83. The van der Waals surface area contributed by atoms with Crippen LogP contribution in [0.3, 0.4) is 0 Å². The monoisotopic (exact) mass is 472 g/mol. The first-order valence-corrected chi connectivity index (χ1v) is 10.2. The van der Waals surface area contributed by atoms with Gasteiger partial charge in [-0.15, -0.1) is 0 Å². The van der Waals surface area contributed by atoms with Crippen LogP contribution in [0.2, 0.25) is 5.02 Å². The molecule has 0 heterocycles. The lowest BCUT2D eigenvalue weighted by Gasteiger charge is -2.14. The summed E-state index contributed by atoms with van der Waals surface area (Å²) in [5.41, 5.74) is 3.11. The maximum Gasteiger partial charge on any atom is 0.277 e. The van der Waals surface area contributed by atoms with Crippen LogP contribution >= 0.6 is 11.6 Å². The van der Waals surface area contributed by atoms with Gasteiger partial charge in [-0.05, 0) is 36.4 Å². The highest BCUT2D eigenvalue weighted by Crippen LogP contribution is 2.32. The minimum atomic E-state index is -0.476. The minimum absolute atomic E-state index is 0.118. The number of amides is 1. The van der Waals surface area contributed by atoms with E-state index < -0.39 is 11.7 Å². The van der Waals surface area contributed by atoms with Gasteiger partial charge in [0.25, 0.3) is 5.91 Å². The van der Waals surface area contributed by atoms with Crippen molar-refractivity contribution in [1.29, 1.82) is 0 Å². The molecular formula is C24H22ClFN2O5. The molecule has 0 saturated carbocycles. The average molecular weight is 473 g/mol. The van der Waals surface area contributed by atoms with Gasteiger partial charge in [-0.3, -0.25) is 4.79 Å². The Hall–Kier alpha value is -3.78. The predicted octanol–water partition coefficient (Wildman–Crippen LogP) is 4.60. The number of nitrogens with one attached hydrogen (secondary N) is 1. The van der Waals surface area contributed by atoms with E-state index in [1.54, 1.807) is 55.6 Å². The number of nitrogens with zero attached hydrogens (tertiary/aromatic N) is 1. The third-order valence-corrected chi connectivity index (χ3v) is 4.81. The van der Waals surface area contributed by atoms with Gasteiger partial charge in [0.05, 0.1) is 25.5 Å². The molecule has 0 bridgehead atoms. The zero-order chi connectivity index (χ0) is 23.6. The summed E-state index contributed by atoms with van der Waals surface area (Å²) in [5.74, 6) is 0.912. The quantitative estimate of drug-likeness (QED) is 0.344. The molecule has 1 amide bonds. The predicted molar refractivity (Wildman–Crippen MR) is 123 cm³/mol. The van der Waals surface area contributed by atoms with Crippen molar-refractivity contribution in [2.75, 3.05) is 20.8 Å². The molecule has 172 valence electrons. The molecule has 1 N–H and O–H groups in total. The van der Waals surface area contributed by atoms with Crippen LogP contribution < -0.4 is 24.4 Å². The van der Waals surface area contributed by atoms with Gasteiger partial charge in [0.15, 0.2) is 18.1 Å². The molecule has 0 spiro atoms. The fourth-order valence-corrected chi connectivity index (χ4v) is 3.03. The summed E-state index contributed by atoms with van der Waals surface area (Å²) in [6.07, 6.45) is 1.39. The number of rotatable bonds is 10. The molecule has 9 heteroatoms. The highest BCUT2D eigenvalue weighted by atomic mass is 35.5. The largest absolute Gasteiger partial charge is 0.497 e. The Kier molecular flexibility index (Phi) is 8.49. The van der Waals surface area contributed by atoms with Gasteiger partial charge in [-0.25, -0.2) is 9.82 Å². The Balaban J connectivity index is 1.64. The number of para-hydroxylation sites is 1. The van der Waals surface area contributed by atoms with E-state index in [-0.39, 0.29) is 23.8 Å². The molecular weight excluding hydrogens is 451 g/mol. The van der Waals surface area contributed by atoms with E-state index in [0.29, 0.717) is 28.6 Å². The van der Waals surface area contributed by atoms with E-state index in [0.717, 1.165) is 0 Å². The van der Waals surface area contributed by atoms with Crippen LogP contribution in [0.5, 0.6) is 23.0 Å². The van der Waals surface area contributed by atoms with Gasteiger partial charge in [-0.2, -0.15) is 5.10 Å². The van der Waals surface area contributed by atoms with Crippen molar-refractivity contribution in [3.05, 3.63) is 82.6 Å². The van der Waals surface area contributed by atoms with E-state index in [1.165, 1.54) is 25.5 Å². The molecule has 0 aliphatic rings. The standard InChI is InChI=1S/C24H22ClFN2O5/c1-30-17-7-4-8-18(12-17)32-15-23(29)28-27-13-16-6-3-11-22(31-2)24(16)33-14-19-20(25)9-5-10-21(19)26/h3-13H,14-15H2,1-2H3,(H,28,29)/b27-13+. The number of ether oxygens (including phenoxy) is 4. The lowest BCUT2D eigenvalue weighted by molar-refractivity contribution is -0.123. The van der Waals surface area contributed by atoms with Gasteiger partial charge >= 0.3 is 0 Å². The molecule has 0 saturated heterocycles. The Morgan fingerprint density at radius 3 is 2.55 bits per heavy atom. The van der Waals surface area contributed by atoms with Crippen LogP contribution in [0.4, 0.5) is 4.39 Å². The topological polar surface area (TPSA) is 78.4 Å². The molecule has 0 aliphatic carbocycles. The lowest BCUT2D eigenvalue weighted by Crippen LogP contribution is -2.24. The van der Waals surface area contributed by atoms with Crippen LogP contribution in [0.15, 0.2) is 65.8 Å². The normalized spacial score (nSPS) is 10.7. The molecule has 33 heavy (non-hydrogen) atoms. The lowest BCUT2D eigenvalue weighted by atomic mass is 10.2. The molecule has 7 nitrogen and oxygen atoms in total. The molecule has 0 fully saturated rings. The molecule has 0 atom stereocenters. The van der Waals surface area contributed by atoms with Gasteiger partial charge in [-0.1, -0.05) is 29.8 Å². The van der Waals surface area contributed by atoms with Crippen molar-refractivity contribution in [3.8, 4) is 23.0 Å². The Morgan fingerprint density at radius 2 is 1.79 bits per heavy atom. The van der Waals surface area contributed by atoms with E-state index in [9.17, 15) is 9.18 Å². The molecule has 0 unspecified atom stereocenters. The third-order valence-electron chi connectivity index (χ3n) is 4.46. The first kappa shape index (κ1) is 23.9. The SMILES string of the molecule is COc1cccc(OCC(=O)N/N=C/c2cccc(OC)c2OCc2c(F)cccc2Cl)c1. The van der Waals surface area contributed by atoms with Gasteiger partial charge in [0.2, 0.25) is 0 Å². The highest BCUT2D eigenvalue weighted by Gasteiger charge is 2.13. The highest BCUT2D eigenvalue weighted by molar-refractivity contribution is 6.31. The summed E-state index contributed by atoms with van der Waals surface area (Å²) in [4.78, 5) is 12.1. The van der Waals surface area contributed by atoms with Crippen molar-refractivity contribution < 1.29 is 28.1 Å². The summed E-state index contributed by atoms with van der Waals surface area (Å²) in [6.45, 7) is -0.356. The zero-order valence-electron chi connectivity index (χ0n) is 18.0. The van der Waals surface area contributed by atoms with Crippen molar-refractivity contribution >= 4 is 23.7 Å². The van der Waals surface area contributed by atoms with Crippen LogP contribution in [0.25, 0.3) is 0 Å². The van der Waals surface area contributed by atoms with Gasteiger partial charge in [0.1, 0.15) is 23.9 Å². The first-order chi connectivity index (χ1) is 16.0. The summed E-state index contributed by atoms with van der Waals surface area (Å²) in [6, 6.07) is 16.4. The Morgan fingerprint density at radius 1 is 1.03 bits per heavy atom. The molecule has 3 aromatic carbocycles. The van der Waals surface area contributed by atoms with E-state index in [4.69, 9.17) is 30.5 Å². The van der Waals surface area contributed by atoms with Crippen molar-refractivity contribution in [3.63, 3.8) is 0 Å². The van der Waals surface area contributed by atoms with Crippen LogP contribution in [-0.4, -0.2) is 32.9 Å². The fraction of sp³-hybridized carbons (Fsp3) is 0.167. The summed E-state index contributed by atoms with van der Waals surface area (Å²) < 4.78 is 35.8. The molecule has 0 radical (unpaired) electrons. The Bertz CT molecular complexity index is 1120. The number of hydrogen-bond acceptors (Lipinski definition) is 6. The van der Waals surface area contributed by atoms with Crippen molar-refractivity contribution in [1.82, 2.24) is 5.43 Å². The maximum atomic E-state index is 14.1. The number of hydrogen-bond donors (Lipinski definition) is 1. The first-order valence-electron chi connectivity index (χ1n) is 9.83. The summed E-state index contributed by atoms with van der Waals surface area (Å²) in [7, 11) is 3.03.